The van der Waals surface area contributed by atoms with Gasteiger partial charge in [0, 0.05) is 25.8 Å². The Balaban J connectivity index is 2.14. The lowest BCUT2D eigenvalue weighted by Crippen LogP contribution is -2.26. The lowest BCUT2D eigenvalue weighted by molar-refractivity contribution is 0.546. The minimum absolute atomic E-state index is 0.631. The van der Waals surface area contributed by atoms with Crippen LogP contribution in [0.15, 0.2) is 18.2 Å². The van der Waals surface area contributed by atoms with Crippen LogP contribution in [0.5, 0.6) is 0 Å². The molecule has 0 aromatic heterocycles. The zero-order valence-corrected chi connectivity index (χ0v) is 11.1. The molecule has 0 spiro atoms. The van der Waals surface area contributed by atoms with E-state index in [-0.39, 0.29) is 0 Å². The van der Waals surface area contributed by atoms with E-state index in [4.69, 9.17) is 5.73 Å². The Morgan fingerprint density at radius 3 is 2.65 bits per heavy atom. The van der Waals surface area contributed by atoms with Crippen LogP contribution >= 0.6 is 0 Å². The number of nitrogens with two attached hydrogens (primary N) is 1. The lowest BCUT2D eigenvalue weighted by atomic mass is 10.0. The number of nitrogens with zero attached hydrogens (tertiary/aromatic N) is 1. The smallest absolute Gasteiger partial charge is 0.0438 e. The van der Waals surface area contributed by atoms with Gasteiger partial charge in [0.1, 0.15) is 0 Å². The third-order valence-electron chi connectivity index (χ3n) is 3.93. The van der Waals surface area contributed by atoms with Gasteiger partial charge in [0.05, 0.1) is 0 Å². The van der Waals surface area contributed by atoms with Crippen LogP contribution in [0.25, 0.3) is 0 Å². The van der Waals surface area contributed by atoms with E-state index in [2.05, 4.69) is 37.1 Å². The molecule has 17 heavy (non-hydrogen) atoms. The highest BCUT2D eigenvalue weighted by atomic mass is 15.1. The second-order valence-electron chi connectivity index (χ2n) is 5.32. The normalized spacial score (nSPS) is 16.4. The van der Waals surface area contributed by atoms with E-state index in [0.29, 0.717) is 6.54 Å². The van der Waals surface area contributed by atoms with Gasteiger partial charge in [0.15, 0.2) is 0 Å². The first-order valence-electron chi connectivity index (χ1n) is 6.72. The maximum absolute atomic E-state index is 5.84. The van der Waals surface area contributed by atoms with Gasteiger partial charge < -0.3 is 10.6 Å². The fraction of sp³-hybridized carbons (Fsp3) is 0.600. The molecule has 1 aromatic rings. The second kappa shape index (κ2) is 5.54. The van der Waals surface area contributed by atoms with E-state index < -0.39 is 0 Å². The van der Waals surface area contributed by atoms with Crippen molar-refractivity contribution in [2.75, 3.05) is 18.5 Å². The van der Waals surface area contributed by atoms with Gasteiger partial charge in [-0.3, -0.25) is 0 Å². The lowest BCUT2D eigenvalue weighted by Gasteiger charge is -2.27. The zero-order chi connectivity index (χ0) is 12.3. The predicted molar refractivity (Wildman–Crippen MR) is 74.3 cm³/mol. The van der Waals surface area contributed by atoms with Gasteiger partial charge in [-0.1, -0.05) is 31.0 Å². The molecule has 0 atom stereocenters. The van der Waals surface area contributed by atoms with Crippen molar-refractivity contribution in [3.8, 4) is 0 Å². The molecule has 2 nitrogen and oxygen atoms in total. The van der Waals surface area contributed by atoms with Gasteiger partial charge in [-0.05, 0) is 36.8 Å². The number of rotatable bonds is 4. The number of aryl methyl sites for hydroxylation is 1. The van der Waals surface area contributed by atoms with E-state index in [0.717, 1.165) is 5.92 Å². The van der Waals surface area contributed by atoms with E-state index in [1.54, 1.807) is 0 Å². The van der Waals surface area contributed by atoms with Crippen LogP contribution < -0.4 is 10.6 Å². The monoisotopic (exact) mass is 232 g/mol. The van der Waals surface area contributed by atoms with Crippen molar-refractivity contribution < 1.29 is 0 Å². The Kier molecular flexibility index (Phi) is 4.06. The molecule has 2 N–H and O–H groups in total. The number of para-hydroxylation sites is 1. The molecule has 1 aliphatic rings. The average molecular weight is 232 g/mol. The number of hydrogen-bond donors (Lipinski definition) is 1. The van der Waals surface area contributed by atoms with Gasteiger partial charge in [0.2, 0.25) is 0 Å². The summed E-state index contributed by atoms with van der Waals surface area (Å²) in [5.74, 6) is 0.880. The highest BCUT2D eigenvalue weighted by Gasteiger charge is 2.18. The summed E-state index contributed by atoms with van der Waals surface area (Å²) >= 11 is 0. The van der Waals surface area contributed by atoms with Crippen LogP contribution in [0.2, 0.25) is 0 Å². The fourth-order valence-corrected chi connectivity index (χ4v) is 3.10. The number of hydrogen-bond acceptors (Lipinski definition) is 2. The van der Waals surface area contributed by atoms with E-state index in [1.165, 1.54) is 49.0 Å². The third-order valence-corrected chi connectivity index (χ3v) is 3.93. The molecule has 1 aliphatic carbocycles. The predicted octanol–water partition coefficient (Wildman–Crippen LogP) is 3.08. The molecular weight excluding hydrogens is 208 g/mol. The van der Waals surface area contributed by atoms with Crippen molar-refractivity contribution in [3.63, 3.8) is 0 Å². The number of anilines is 1. The molecule has 2 rings (SSSR count). The molecule has 2 heteroatoms. The highest BCUT2D eigenvalue weighted by molar-refractivity contribution is 5.58. The average Bonchev–Trinajstić information content (AvgIpc) is 2.81. The Labute approximate surface area is 105 Å². The maximum atomic E-state index is 5.84. The molecule has 0 heterocycles. The first-order chi connectivity index (χ1) is 8.22. The molecule has 0 aliphatic heterocycles. The quantitative estimate of drug-likeness (QED) is 0.864. The first-order valence-corrected chi connectivity index (χ1v) is 6.72. The van der Waals surface area contributed by atoms with Crippen LogP contribution in [0.3, 0.4) is 0 Å². The second-order valence-corrected chi connectivity index (χ2v) is 5.32. The summed E-state index contributed by atoms with van der Waals surface area (Å²) in [4.78, 5) is 2.41. The minimum atomic E-state index is 0.631. The van der Waals surface area contributed by atoms with E-state index in [1.807, 2.05) is 0 Å². The molecule has 1 saturated carbocycles. The Morgan fingerprint density at radius 2 is 2.00 bits per heavy atom. The van der Waals surface area contributed by atoms with Crippen LogP contribution in [0.4, 0.5) is 5.69 Å². The van der Waals surface area contributed by atoms with Crippen molar-refractivity contribution in [1.29, 1.82) is 0 Å². The highest BCUT2D eigenvalue weighted by Crippen LogP contribution is 2.29. The van der Waals surface area contributed by atoms with Crippen LogP contribution in [-0.2, 0) is 6.54 Å². The molecule has 0 bridgehead atoms. The Bertz CT molecular complexity index is 367. The van der Waals surface area contributed by atoms with Crippen molar-refractivity contribution >= 4 is 5.69 Å². The standard InChI is InChI=1S/C15H24N2/c1-12-6-5-9-14(10-16)15(12)17(2)11-13-7-3-4-8-13/h5-6,9,13H,3-4,7-8,10-11,16H2,1-2H3. The molecule has 1 aromatic carbocycles. The molecule has 0 radical (unpaired) electrons. The Hall–Kier alpha value is -1.02. The van der Waals surface area contributed by atoms with Crippen LogP contribution in [-0.4, -0.2) is 13.6 Å². The Morgan fingerprint density at radius 1 is 1.29 bits per heavy atom. The van der Waals surface area contributed by atoms with Gasteiger partial charge in [-0.25, -0.2) is 0 Å². The molecule has 94 valence electrons. The topological polar surface area (TPSA) is 29.3 Å². The van der Waals surface area contributed by atoms with Crippen LogP contribution in [0, 0.1) is 12.8 Å². The number of benzene rings is 1. The van der Waals surface area contributed by atoms with Gasteiger partial charge in [-0.15, -0.1) is 0 Å². The van der Waals surface area contributed by atoms with Crippen LogP contribution in [0.1, 0.15) is 36.8 Å². The summed E-state index contributed by atoms with van der Waals surface area (Å²) < 4.78 is 0. The van der Waals surface area contributed by atoms with Gasteiger partial charge >= 0.3 is 0 Å². The third kappa shape index (κ3) is 2.81. The van der Waals surface area contributed by atoms with Gasteiger partial charge in [-0.2, -0.15) is 0 Å². The van der Waals surface area contributed by atoms with Gasteiger partial charge in [0.25, 0.3) is 0 Å². The van der Waals surface area contributed by atoms with E-state index >= 15 is 0 Å². The van der Waals surface area contributed by atoms with Crippen molar-refractivity contribution in [3.05, 3.63) is 29.3 Å². The molecular formula is C15H24N2. The minimum Gasteiger partial charge on any atom is -0.374 e. The molecule has 0 unspecified atom stereocenters. The maximum Gasteiger partial charge on any atom is 0.0438 e. The zero-order valence-electron chi connectivity index (χ0n) is 11.1. The molecule has 1 fully saturated rings. The van der Waals surface area contributed by atoms with Crippen molar-refractivity contribution in [1.82, 2.24) is 0 Å². The van der Waals surface area contributed by atoms with E-state index in [9.17, 15) is 0 Å². The summed E-state index contributed by atoms with van der Waals surface area (Å²) in [6.45, 7) is 3.99. The molecule has 0 saturated heterocycles. The fourth-order valence-electron chi connectivity index (χ4n) is 3.10. The summed E-state index contributed by atoms with van der Waals surface area (Å²) in [5, 5.41) is 0. The summed E-state index contributed by atoms with van der Waals surface area (Å²) in [6, 6.07) is 6.43. The molecule has 0 amide bonds. The summed E-state index contributed by atoms with van der Waals surface area (Å²) in [6.07, 6.45) is 5.62. The SMILES string of the molecule is Cc1cccc(CN)c1N(C)CC1CCCC1. The summed E-state index contributed by atoms with van der Waals surface area (Å²) in [7, 11) is 2.21. The summed E-state index contributed by atoms with van der Waals surface area (Å²) in [5.41, 5.74) is 9.80. The first kappa shape index (κ1) is 12.4. The van der Waals surface area contributed by atoms with Crippen molar-refractivity contribution in [2.24, 2.45) is 11.7 Å². The largest absolute Gasteiger partial charge is 0.374 e. The van der Waals surface area contributed by atoms with Crippen molar-refractivity contribution in [2.45, 2.75) is 39.2 Å².